The third-order valence-electron chi connectivity index (χ3n) is 3.15. The summed E-state index contributed by atoms with van der Waals surface area (Å²) in [5.41, 5.74) is -0.961. The lowest BCUT2D eigenvalue weighted by Gasteiger charge is -2.40. The van der Waals surface area contributed by atoms with Crippen molar-refractivity contribution < 1.29 is 4.43 Å². The van der Waals surface area contributed by atoms with Crippen molar-refractivity contribution in [2.75, 3.05) is 5.88 Å². The minimum atomic E-state index is -0.726. The van der Waals surface area contributed by atoms with Gasteiger partial charge in [0.05, 0.1) is 6.07 Å². The lowest BCUT2D eigenvalue weighted by Crippen LogP contribution is -2.46. The molecule has 2 nitrogen and oxygen atoms in total. The summed E-state index contributed by atoms with van der Waals surface area (Å²) in [4.78, 5) is 0. The molecule has 0 rings (SSSR count). The van der Waals surface area contributed by atoms with Crippen LogP contribution in [0.15, 0.2) is 0 Å². The van der Waals surface area contributed by atoms with Gasteiger partial charge in [0.25, 0.3) is 0 Å². The number of halogens is 1. The van der Waals surface area contributed by atoms with Crippen LogP contribution in [0.2, 0.25) is 0 Å². The van der Waals surface area contributed by atoms with Crippen molar-refractivity contribution in [1.29, 1.82) is 5.26 Å². The molecule has 0 saturated carbocycles. The van der Waals surface area contributed by atoms with Gasteiger partial charge in [0, 0.05) is 11.3 Å². The zero-order chi connectivity index (χ0) is 11.2. The molecule has 0 spiro atoms. The third-order valence-corrected chi connectivity index (χ3v) is 4.56. The Labute approximate surface area is 95.1 Å². The highest BCUT2D eigenvalue weighted by molar-refractivity contribution is 6.18. The average molecular weight is 234 g/mol. The van der Waals surface area contributed by atoms with Gasteiger partial charge in [-0.25, -0.2) is 0 Å². The van der Waals surface area contributed by atoms with E-state index in [0.29, 0.717) is 16.4 Å². The molecule has 0 aliphatic heterocycles. The largest absolute Gasteiger partial charge is 0.410 e. The fourth-order valence-corrected chi connectivity index (χ4v) is 2.40. The van der Waals surface area contributed by atoms with Crippen molar-refractivity contribution in [2.45, 2.75) is 45.6 Å². The summed E-state index contributed by atoms with van der Waals surface area (Å²) >= 11 is 5.97. The fraction of sp³-hybridized carbons (Fsp3) is 0.900. The van der Waals surface area contributed by atoms with E-state index in [1.165, 1.54) is 0 Å². The predicted octanol–water partition coefficient (Wildman–Crippen LogP) is 2.00. The zero-order valence-corrected chi connectivity index (χ0v) is 12.3. The van der Waals surface area contributed by atoms with Crippen LogP contribution in [0.25, 0.3) is 0 Å². The molecule has 14 heavy (non-hydrogen) atoms. The second kappa shape index (κ2) is 5.74. The molecule has 0 saturated heterocycles. The lowest BCUT2D eigenvalue weighted by atomic mass is 9.73. The maximum atomic E-state index is 9.14. The van der Waals surface area contributed by atoms with Crippen molar-refractivity contribution in [1.82, 2.24) is 0 Å². The van der Waals surface area contributed by atoms with E-state index in [9.17, 15) is 0 Å². The summed E-state index contributed by atoms with van der Waals surface area (Å²) in [7, 11) is 0.569. The maximum absolute atomic E-state index is 9.14. The third kappa shape index (κ3) is 2.72. The number of nitriles is 1. The van der Waals surface area contributed by atoms with E-state index >= 15 is 0 Å². The number of nitrogens with zero attached hydrogens (tertiary/aromatic N) is 1. The van der Waals surface area contributed by atoms with Gasteiger partial charge in [0.2, 0.25) is 0 Å². The Balaban J connectivity index is 4.73. The van der Waals surface area contributed by atoms with Gasteiger partial charge in [0.15, 0.2) is 0 Å². The van der Waals surface area contributed by atoms with Crippen molar-refractivity contribution >= 4 is 22.1 Å². The van der Waals surface area contributed by atoms with Crippen LogP contribution >= 0.6 is 11.6 Å². The van der Waals surface area contributed by atoms with Crippen LogP contribution in [0.1, 0.15) is 40.0 Å². The molecule has 0 aliphatic rings. The van der Waals surface area contributed by atoms with Crippen molar-refractivity contribution in [3.8, 4) is 6.07 Å². The molecule has 0 aromatic rings. The lowest BCUT2D eigenvalue weighted by molar-refractivity contribution is 0.0255. The summed E-state index contributed by atoms with van der Waals surface area (Å²) in [6, 6.07) is 2.26. The van der Waals surface area contributed by atoms with Crippen LogP contribution < -0.4 is 0 Å². The Morgan fingerprint density at radius 3 is 2.36 bits per heavy atom. The number of rotatable bonds is 6. The Kier molecular flexibility index (Phi) is 5.73. The number of alkyl halides is 1. The molecule has 0 aliphatic carbocycles. The second-order valence-corrected chi connectivity index (χ2v) is 4.82. The van der Waals surface area contributed by atoms with Gasteiger partial charge in [-0.2, -0.15) is 5.26 Å². The molecular weight excluding hydrogens is 214 g/mol. The van der Waals surface area contributed by atoms with Gasteiger partial charge in [-0.3, -0.25) is 0 Å². The van der Waals surface area contributed by atoms with Gasteiger partial charge < -0.3 is 4.43 Å². The molecule has 0 bridgehead atoms. The minimum absolute atomic E-state index is 0.235. The van der Waals surface area contributed by atoms with Crippen molar-refractivity contribution in [2.24, 2.45) is 5.41 Å². The molecule has 4 heteroatoms. The number of hydrogen-bond acceptors (Lipinski definition) is 2. The van der Waals surface area contributed by atoms with Gasteiger partial charge in [-0.05, 0) is 13.3 Å². The van der Waals surface area contributed by atoms with E-state index < -0.39 is 5.60 Å². The van der Waals surface area contributed by atoms with Gasteiger partial charge >= 0.3 is 0 Å². The molecule has 0 N–H and O–H groups in total. The summed E-state index contributed by atoms with van der Waals surface area (Å²) < 4.78 is 5.43. The topological polar surface area (TPSA) is 33.0 Å². The molecule has 2 atom stereocenters. The molecule has 0 radical (unpaired) electrons. The first kappa shape index (κ1) is 14.0. The second-order valence-electron chi connectivity index (χ2n) is 4.15. The Morgan fingerprint density at radius 2 is 2.07 bits per heavy atom. The first-order valence-corrected chi connectivity index (χ1v) is 6.37. The van der Waals surface area contributed by atoms with Gasteiger partial charge in [-0.15, -0.1) is 11.6 Å². The highest BCUT2D eigenvalue weighted by atomic mass is 35.5. The van der Waals surface area contributed by atoms with Crippen LogP contribution in [-0.2, 0) is 4.43 Å². The van der Waals surface area contributed by atoms with E-state index in [-0.39, 0.29) is 5.41 Å². The van der Waals surface area contributed by atoms with Crippen LogP contribution in [0.3, 0.4) is 0 Å². The summed E-state index contributed by atoms with van der Waals surface area (Å²) in [6.07, 6.45) is 3.15. The molecule has 82 valence electrons. The van der Waals surface area contributed by atoms with E-state index in [4.69, 9.17) is 21.3 Å². The SMILES string of the molecule is CCCCC(C)(CCl)C(C)(C#N)O[SiH3]. The number of hydrogen-bond donors (Lipinski definition) is 0. The fourth-order valence-electron chi connectivity index (χ4n) is 1.43. The number of unbranched alkanes of at least 4 members (excludes halogenated alkanes) is 1. The molecule has 0 amide bonds. The zero-order valence-electron chi connectivity index (χ0n) is 9.56. The molecular formula is C10H20ClNOSi. The summed E-state index contributed by atoms with van der Waals surface area (Å²) in [5.74, 6) is 0.472. The molecule has 0 aromatic heterocycles. The van der Waals surface area contributed by atoms with Crippen molar-refractivity contribution in [3.05, 3.63) is 0 Å². The smallest absolute Gasteiger partial charge is 0.148 e. The van der Waals surface area contributed by atoms with E-state index in [1.807, 2.05) is 13.8 Å². The minimum Gasteiger partial charge on any atom is -0.410 e. The van der Waals surface area contributed by atoms with Crippen LogP contribution in [0.5, 0.6) is 0 Å². The van der Waals surface area contributed by atoms with Crippen LogP contribution in [-0.4, -0.2) is 22.0 Å². The van der Waals surface area contributed by atoms with E-state index in [0.717, 1.165) is 19.3 Å². The molecule has 2 unspecified atom stereocenters. The first-order chi connectivity index (χ1) is 6.49. The normalized spacial score (nSPS) is 19.6. The van der Waals surface area contributed by atoms with Gasteiger partial charge in [-0.1, -0.05) is 26.7 Å². The van der Waals surface area contributed by atoms with E-state index in [2.05, 4.69) is 13.0 Å². The maximum Gasteiger partial charge on any atom is 0.148 e. The van der Waals surface area contributed by atoms with Gasteiger partial charge in [0.1, 0.15) is 16.1 Å². The molecule has 0 heterocycles. The average Bonchev–Trinajstić information content (AvgIpc) is 2.24. The molecule has 0 fully saturated rings. The van der Waals surface area contributed by atoms with Crippen molar-refractivity contribution in [3.63, 3.8) is 0 Å². The first-order valence-electron chi connectivity index (χ1n) is 5.02. The van der Waals surface area contributed by atoms with Crippen LogP contribution in [0.4, 0.5) is 0 Å². The highest BCUT2D eigenvalue weighted by Gasteiger charge is 2.43. The Hall–Kier alpha value is -0.0431. The van der Waals surface area contributed by atoms with Crippen LogP contribution in [0, 0.1) is 16.7 Å². The summed E-state index contributed by atoms with van der Waals surface area (Å²) in [5, 5.41) is 9.14. The predicted molar refractivity (Wildman–Crippen MR) is 63.4 cm³/mol. The Bertz CT molecular complexity index is 219. The summed E-state index contributed by atoms with van der Waals surface area (Å²) in [6.45, 7) is 6.02. The monoisotopic (exact) mass is 233 g/mol. The standard InChI is InChI=1S/C10H20ClNOSi/c1-4-5-6-9(2,7-11)10(3,8-12)13-14/h4-7H2,1-3,14H3. The molecule has 0 aromatic carbocycles. The highest BCUT2D eigenvalue weighted by Crippen LogP contribution is 2.39. The Morgan fingerprint density at radius 1 is 1.50 bits per heavy atom. The quantitative estimate of drug-likeness (QED) is 0.520. The van der Waals surface area contributed by atoms with E-state index in [1.54, 1.807) is 0 Å².